The highest BCUT2D eigenvalue weighted by Crippen LogP contribution is 2.27. The molecule has 1 fully saturated rings. The number of aromatic nitrogens is 2. The predicted octanol–water partition coefficient (Wildman–Crippen LogP) is 1.72. The van der Waals surface area contributed by atoms with Gasteiger partial charge in [0, 0.05) is 56.6 Å². The van der Waals surface area contributed by atoms with Gasteiger partial charge < -0.3 is 15.1 Å². The van der Waals surface area contributed by atoms with Gasteiger partial charge in [-0.25, -0.2) is 4.98 Å². The number of anilines is 2. The second-order valence-corrected chi connectivity index (χ2v) is 7.02. The van der Waals surface area contributed by atoms with Gasteiger partial charge in [0.05, 0.1) is 6.20 Å². The monoisotopic (exact) mass is 365 g/mol. The van der Waals surface area contributed by atoms with E-state index in [9.17, 15) is 9.59 Å². The fourth-order valence-corrected chi connectivity index (χ4v) is 3.74. The first kappa shape index (κ1) is 17.5. The van der Waals surface area contributed by atoms with Crippen molar-refractivity contribution in [1.82, 2.24) is 14.9 Å². The van der Waals surface area contributed by atoms with E-state index in [-0.39, 0.29) is 17.7 Å². The minimum atomic E-state index is -0.135. The Labute approximate surface area is 158 Å². The molecule has 2 aliphatic heterocycles. The average Bonchev–Trinajstić information content (AvgIpc) is 2.73. The van der Waals surface area contributed by atoms with Crippen LogP contribution in [0.3, 0.4) is 0 Å². The van der Waals surface area contributed by atoms with Gasteiger partial charge in [-0.15, -0.1) is 0 Å². The molecule has 1 atom stereocenters. The topological polar surface area (TPSA) is 78.4 Å². The molecule has 7 nitrogen and oxygen atoms in total. The van der Waals surface area contributed by atoms with E-state index in [4.69, 9.17) is 0 Å². The van der Waals surface area contributed by atoms with Crippen LogP contribution in [0.1, 0.15) is 18.4 Å². The number of hydrogen-bond acceptors (Lipinski definition) is 5. The highest BCUT2D eigenvalue weighted by Gasteiger charge is 2.28. The van der Waals surface area contributed by atoms with Gasteiger partial charge in [0.15, 0.2) is 0 Å². The van der Waals surface area contributed by atoms with Crippen LogP contribution < -0.4 is 10.2 Å². The molecule has 0 aliphatic carbocycles. The Morgan fingerprint density at radius 2 is 1.96 bits per heavy atom. The van der Waals surface area contributed by atoms with E-state index in [0.717, 1.165) is 30.2 Å². The third kappa shape index (κ3) is 3.92. The molecule has 0 unspecified atom stereocenters. The Balaban J connectivity index is 1.27. The fraction of sp³-hybridized carbons (Fsp3) is 0.400. The summed E-state index contributed by atoms with van der Waals surface area (Å²) >= 11 is 0. The van der Waals surface area contributed by atoms with Crippen molar-refractivity contribution in [3.8, 4) is 0 Å². The van der Waals surface area contributed by atoms with Gasteiger partial charge in [-0.1, -0.05) is 18.2 Å². The number of nitrogens with zero attached hydrogens (tertiary/aromatic N) is 4. The molecule has 3 heterocycles. The van der Waals surface area contributed by atoms with Gasteiger partial charge >= 0.3 is 0 Å². The highest BCUT2D eigenvalue weighted by atomic mass is 16.2. The predicted molar refractivity (Wildman–Crippen MR) is 102 cm³/mol. The summed E-state index contributed by atoms with van der Waals surface area (Å²) in [6.07, 6.45) is 6.78. The molecule has 4 rings (SSSR count). The normalized spacial score (nSPS) is 19.4. The Morgan fingerprint density at radius 3 is 2.74 bits per heavy atom. The number of carbonyl (C=O) groups excluding carboxylic acids is 2. The SMILES string of the molecule is O=C1Nc2ccccc2C[C@@H]1CCC(=O)N1CCN(c2cnccn2)CC1. The van der Waals surface area contributed by atoms with E-state index in [1.165, 1.54) is 0 Å². The molecule has 2 amide bonds. The first-order valence-corrected chi connectivity index (χ1v) is 9.38. The standard InChI is InChI=1S/C20H23N5O2/c26-19(25-11-9-24(10-12-25)18-14-21-7-8-22-18)6-5-16-13-15-3-1-2-4-17(15)23-20(16)27/h1-4,7-8,14,16H,5-6,9-13H2,(H,23,27)/t16-/m0/s1. The first-order chi connectivity index (χ1) is 13.2. The van der Waals surface area contributed by atoms with Crippen molar-refractivity contribution >= 4 is 23.3 Å². The summed E-state index contributed by atoms with van der Waals surface area (Å²) in [5.41, 5.74) is 2.04. The summed E-state index contributed by atoms with van der Waals surface area (Å²) in [4.78, 5) is 37.3. The van der Waals surface area contributed by atoms with Crippen LogP contribution >= 0.6 is 0 Å². The van der Waals surface area contributed by atoms with Gasteiger partial charge in [0.2, 0.25) is 11.8 Å². The van der Waals surface area contributed by atoms with Gasteiger partial charge in [-0.05, 0) is 24.5 Å². The number of benzene rings is 1. The van der Waals surface area contributed by atoms with E-state index in [0.29, 0.717) is 32.4 Å². The Morgan fingerprint density at radius 1 is 1.15 bits per heavy atom. The van der Waals surface area contributed by atoms with Crippen molar-refractivity contribution in [2.24, 2.45) is 5.92 Å². The van der Waals surface area contributed by atoms with Crippen LogP contribution in [-0.2, 0) is 16.0 Å². The van der Waals surface area contributed by atoms with Gasteiger partial charge in [-0.3, -0.25) is 14.6 Å². The lowest BCUT2D eigenvalue weighted by atomic mass is 9.89. The molecule has 7 heteroatoms. The molecule has 0 radical (unpaired) electrons. The molecule has 0 saturated carbocycles. The second kappa shape index (κ2) is 7.73. The number of hydrogen-bond donors (Lipinski definition) is 1. The lowest BCUT2D eigenvalue weighted by Gasteiger charge is -2.35. The molecule has 140 valence electrons. The molecule has 0 bridgehead atoms. The summed E-state index contributed by atoms with van der Waals surface area (Å²) in [6.45, 7) is 2.85. The molecule has 27 heavy (non-hydrogen) atoms. The summed E-state index contributed by atoms with van der Waals surface area (Å²) in [5, 5.41) is 2.95. The third-order valence-electron chi connectivity index (χ3n) is 5.32. The van der Waals surface area contributed by atoms with Crippen molar-refractivity contribution in [2.45, 2.75) is 19.3 Å². The summed E-state index contributed by atoms with van der Waals surface area (Å²) in [7, 11) is 0. The van der Waals surface area contributed by atoms with Crippen molar-refractivity contribution in [1.29, 1.82) is 0 Å². The lowest BCUT2D eigenvalue weighted by Crippen LogP contribution is -2.49. The maximum atomic E-state index is 12.6. The van der Waals surface area contributed by atoms with Gasteiger partial charge in [0.25, 0.3) is 0 Å². The average molecular weight is 365 g/mol. The van der Waals surface area contributed by atoms with Gasteiger partial charge in [-0.2, -0.15) is 0 Å². The molecule has 2 aromatic rings. The number of carbonyl (C=O) groups is 2. The zero-order valence-corrected chi connectivity index (χ0v) is 15.2. The number of nitrogens with one attached hydrogen (secondary N) is 1. The van der Waals surface area contributed by atoms with E-state index in [1.54, 1.807) is 18.6 Å². The van der Waals surface area contributed by atoms with Crippen LogP contribution in [0.25, 0.3) is 0 Å². The van der Waals surface area contributed by atoms with E-state index in [1.807, 2.05) is 29.2 Å². The van der Waals surface area contributed by atoms with Crippen LogP contribution in [0.5, 0.6) is 0 Å². The number of rotatable bonds is 4. The maximum absolute atomic E-state index is 12.6. The van der Waals surface area contributed by atoms with Gasteiger partial charge in [0.1, 0.15) is 5.82 Å². The largest absolute Gasteiger partial charge is 0.352 e. The van der Waals surface area contributed by atoms with E-state index >= 15 is 0 Å². The minimum Gasteiger partial charge on any atom is -0.352 e. The van der Waals surface area contributed by atoms with Crippen molar-refractivity contribution in [3.63, 3.8) is 0 Å². The quantitative estimate of drug-likeness (QED) is 0.893. The minimum absolute atomic E-state index is 0.0222. The Bertz CT molecular complexity index is 818. The van der Waals surface area contributed by atoms with Crippen LogP contribution in [0.4, 0.5) is 11.5 Å². The Hall–Kier alpha value is -2.96. The number of piperazine rings is 1. The fourth-order valence-electron chi connectivity index (χ4n) is 3.74. The van der Waals surface area contributed by atoms with Crippen LogP contribution in [-0.4, -0.2) is 52.9 Å². The van der Waals surface area contributed by atoms with Crippen molar-refractivity contribution < 1.29 is 9.59 Å². The number of amides is 2. The summed E-state index contributed by atoms with van der Waals surface area (Å²) in [5.74, 6) is 0.862. The highest BCUT2D eigenvalue weighted by molar-refractivity contribution is 5.96. The van der Waals surface area contributed by atoms with E-state index < -0.39 is 0 Å². The molecule has 1 N–H and O–H groups in total. The first-order valence-electron chi connectivity index (χ1n) is 9.38. The molecule has 0 spiro atoms. The molecule has 1 saturated heterocycles. The summed E-state index contributed by atoms with van der Waals surface area (Å²) < 4.78 is 0. The zero-order valence-electron chi connectivity index (χ0n) is 15.2. The zero-order chi connectivity index (χ0) is 18.6. The second-order valence-electron chi connectivity index (χ2n) is 7.02. The van der Waals surface area contributed by atoms with Crippen molar-refractivity contribution in [2.75, 3.05) is 36.4 Å². The lowest BCUT2D eigenvalue weighted by molar-refractivity contribution is -0.132. The molecule has 2 aliphatic rings. The number of fused-ring (bicyclic) bond motifs is 1. The summed E-state index contributed by atoms with van der Waals surface area (Å²) in [6, 6.07) is 7.86. The number of para-hydroxylation sites is 1. The Kier molecular flexibility index (Phi) is 5.00. The van der Waals surface area contributed by atoms with Crippen molar-refractivity contribution in [3.05, 3.63) is 48.4 Å². The smallest absolute Gasteiger partial charge is 0.227 e. The van der Waals surface area contributed by atoms with Crippen LogP contribution in [0.2, 0.25) is 0 Å². The molecule has 1 aromatic carbocycles. The molecular formula is C20H23N5O2. The van der Waals surface area contributed by atoms with E-state index in [2.05, 4.69) is 20.2 Å². The van der Waals surface area contributed by atoms with Crippen LogP contribution in [0, 0.1) is 5.92 Å². The third-order valence-corrected chi connectivity index (χ3v) is 5.32. The van der Waals surface area contributed by atoms with Crippen LogP contribution in [0.15, 0.2) is 42.9 Å². The molecular weight excluding hydrogens is 342 g/mol. The maximum Gasteiger partial charge on any atom is 0.227 e. The molecule has 1 aromatic heterocycles.